The highest BCUT2D eigenvalue weighted by molar-refractivity contribution is 7.80. The first-order valence-electron chi connectivity index (χ1n) is 6.34. The van der Waals surface area contributed by atoms with Gasteiger partial charge >= 0.3 is 0 Å². The summed E-state index contributed by atoms with van der Waals surface area (Å²) < 4.78 is 18.7. The Balaban J connectivity index is 1.76. The third kappa shape index (κ3) is 4.71. The van der Waals surface area contributed by atoms with Crippen LogP contribution in [-0.2, 0) is 17.8 Å². The minimum atomic E-state index is -0.527. The lowest BCUT2D eigenvalue weighted by Gasteiger charge is -2.11. The predicted octanol–water partition coefficient (Wildman–Crippen LogP) is 2.31. The maximum Gasteiger partial charge on any atom is 0.242 e. The van der Waals surface area contributed by atoms with Crippen LogP contribution in [0, 0.1) is 5.82 Å². The standard InChI is InChI=1S/C14H13ClFN3O2S/c15-11-4-1-5-12(16)10(11)7-13(20)18-19-14(22)17-8-9-3-2-6-21-9/h1-6H,7-8H2,(H,18,20)(H2,17,19,22). The van der Waals surface area contributed by atoms with Crippen molar-refractivity contribution in [3.63, 3.8) is 0 Å². The molecule has 0 saturated carbocycles. The van der Waals surface area contributed by atoms with E-state index in [1.165, 1.54) is 18.2 Å². The summed E-state index contributed by atoms with van der Waals surface area (Å²) in [6.45, 7) is 0.383. The van der Waals surface area contributed by atoms with E-state index in [1.807, 2.05) is 0 Å². The minimum Gasteiger partial charge on any atom is -0.467 e. The molecular weight excluding hydrogens is 329 g/mol. The summed E-state index contributed by atoms with van der Waals surface area (Å²) in [5, 5.41) is 3.25. The van der Waals surface area contributed by atoms with Crippen molar-refractivity contribution >= 4 is 34.8 Å². The summed E-state index contributed by atoms with van der Waals surface area (Å²) in [6.07, 6.45) is 1.35. The molecule has 1 amide bonds. The van der Waals surface area contributed by atoms with Crippen molar-refractivity contribution in [2.24, 2.45) is 0 Å². The molecule has 1 aromatic heterocycles. The van der Waals surface area contributed by atoms with Gasteiger partial charge in [0.1, 0.15) is 11.6 Å². The molecule has 0 saturated heterocycles. The molecule has 0 aliphatic heterocycles. The molecule has 0 bridgehead atoms. The number of rotatable bonds is 4. The molecule has 0 fully saturated rings. The second-order valence-electron chi connectivity index (χ2n) is 4.31. The molecule has 8 heteroatoms. The molecule has 116 valence electrons. The summed E-state index contributed by atoms with van der Waals surface area (Å²) >= 11 is 10.8. The van der Waals surface area contributed by atoms with Crippen LogP contribution in [0.3, 0.4) is 0 Å². The van der Waals surface area contributed by atoms with Crippen molar-refractivity contribution in [3.8, 4) is 0 Å². The van der Waals surface area contributed by atoms with Crippen molar-refractivity contribution < 1.29 is 13.6 Å². The van der Waals surface area contributed by atoms with Crippen LogP contribution in [0.25, 0.3) is 0 Å². The van der Waals surface area contributed by atoms with Crippen molar-refractivity contribution in [1.29, 1.82) is 0 Å². The summed E-state index contributed by atoms with van der Waals surface area (Å²) in [5.41, 5.74) is 5.02. The van der Waals surface area contributed by atoms with Crippen molar-refractivity contribution in [3.05, 3.63) is 58.8 Å². The lowest BCUT2D eigenvalue weighted by molar-refractivity contribution is -0.121. The molecule has 2 rings (SSSR count). The number of carbonyl (C=O) groups is 1. The molecule has 2 aromatic rings. The van der Waals surface area contributed by atoms with Gasteiger partial charge < -0.3 is 9.73 Å². The molecule has 3 N–H and O–H groups in total. The number of furan rings is 1. The number of benzene rings is 1. The Labute approximate surface area is 136 Å². The Kier molecular flexibility index (Phi) is 5.74. The Morgan fingerprint density at radius 1 is 1.27 bits per heavy atom. The van der Waals surface area contributed by atoms with Crippen LogP contribution in [0.4, 0.5) is 4.39 Å². The van der Waals surface area contributed by atoms with E-state index in [-0.39, 0.29) is 22.1 Å². The third-order valence-corrected chi connectivity index (χ3v) is 3.32. The van der Waals surface area contributed by atoms with Crippen LogP contribution in [0.5, 0.6) is 0 Å². The van der Waals surface area contributed by atoms with Crippen molar-refractivity contribution in [1.82, 2.24) is 16.2 Å². The van der Waals surface area contributed by atoms with Gasteiger partial charge in [-0.25, -0.2) is 4.39 Å². The molecule has 0 unspecified atom stereocenters. The maximum atomic E-state index is 13.6. The van der Waals surface area contributed by atoms with E-state index >= 15 is 0 Å². The van der Waals surface area contributed by atoms with Gasteiger partial charge in [-0.1, -0.05) is 17.7 Å². The van der Waals surface area contributed by atoms with Crippen LogP contribution in [0.15, 0.2) is 41.0 Å². The summed E-state index contributed by atoms with van der Waals surface area (Å²) in [6, 6.07) is 7.79. The molecule has 0 aliphatic carbocycles. The van der Waals surface area contributed by atoms with Gasteiger partial charge in [0.15, 0.2) is 5.11 Å². The second-order valence-corrected chi connectivity index (χ2v) is 5.13. The second kappa shape index (κ2) is 7.77. The summed E-state index contributed by atoms with van der Waals surface area (Å²) in [5.74, 6) is -0.288. The highest BCUT2D eigenvalue weighted by Gasteiger charge is 2.11. The fraction of sp³-hybridized carbons (Fsp3) is 0.143. The van der Waals surface area contributed by atoms with Crippen LogP contribution in [-0.4, -0.2) is 11.0 Å². The fourth-order valence-electron chi connectivity index (χ4n) is 1.66. The van der Waals surface area contributed by atoms with E-state index < -0.39 is 11.7 Å². The third-order valence-electron chi connectivity index (χ3n) is 2.72. The van der Waals surface area contributed by atoms with Gasteiger partial charge in [-0.15, -0.1) is 0 Å². The summed E-state index contributed by atoms with van der Waals surface area (Å²) in [7, 11) is 0. The number of hydrogen-bond donors (Lipinski definition) is 3. The fourth-order valence-corrected chi connectivity index (χ4v) is 2.01. The quantitative estimate of drug-likeness (QED) is 0.588. The molecule has 1 aromatic carbocycles. The highest BCUT2D eigenvalue weighted by atomic mass is 35.5. The first kappa shape index (κ1) is 16.3. The number of amides is 1. The Bertz CT molecular complexity index is 644. The average molecular weight is 342 g/mol. The van der Waals surface area contributed by atoms with E-state index in [4.69, 9.17) is 28.2 Å². The Hall–Kier alpha value is -2.12. The maximum absolute atomic E-state index is 13.6. The lowest BCUT2D eigenvalue weighted by atomic mass is 10.1. The highest BCUT2D eigenvalue weighted by Crippen LogP contribution is 2.19. The van der Waals surface area contributed by atoms with Gasteiger partial charge in [-0.05, 0) is 36.5 Å². The van der Waals surface area contributed by atoms with Crippen LogP contribution < -0.4 is 16.2 Å². The number of hydrogen-bond acceptors (Lipinski definition) is 3. The normalized spacial score (nSPS) is 10.1. The molecule has 5 nitrogen and oxygen atoms in total. The topological polar surface area (TPSA) is 66.3 Å². The smallest absolute Gasteiger partial charge is 0.242 e. The van der Waals surface area contributed by atoms with Gasteiger partial charge in [0.2, 0.25) is 5.91 Å². The molecule has 22 heavy (non-hydrogen) atoms. The van der Waals surface area contributed by atoms with Gasteiger partial charge in [0.25, 0.3) is 0 Å². The zero-order valence-corrected chi connectivity index (χ0v) is 12.9. The largest absolute Gasteiger partial charge is 0.467 e. The van der Waals surface area contributed by atoms with E-state index in [2.05, 4.69) is 16.2 Å². The van der Waals surface area contributed by atoms with Gasteiger partial charge in [-0.3, -0.25) is 15.6 Å². The molecular formula is C14H13ClFN3O2S. The summed E-state index contributed by atoms with van der Waals surface area (Å²) in [4.78, 5) is 11.7. The first-order valence-corrected chi connectivity index (χ1v) is 7.13. The average Bonchev–Trinajstić information content (AvgIpc) is 3.00. The number of nitrogens with one attached hydrogen (secondary N) is 3. The number of halogens is 2. The minimum absolute atomic E-state index is 0.137. The monoisotopic (exact) mass is 341 g/mol. The van der Waals surface area contributed by atoms with E-state index in [9.17, 15) is 9.18 Å². The number of thiocarbonyl (C=S) groups is 1. The van der Waals surface area contributed by atoms with Crippen molar-refractivity contribution in [2.75, 3.05) is 0 Å². The Morgan fingerprint density at radius 2 is 2.09 bits per heavy atom. The van der Waals surface area contributed by atoms with E-state index in [0.29, 0.717) is 12.3 Å². The molecule has 0 spiro atoms. The lowest BCUT2D eigenvalue weighted by Crippen LogP contribution is -2.47. The predicted molar refractivity (Wildman–Crippen MR) is 84.5 cm³/mol. The molecule has 0 aliphatic rings. The van der Waals surface area contributed by atoms with E-state index in [0.717, 1.165) is 0 Å². The van der Waals surface area contributed by atoms with Gasteiger partial charge in [0, 0.05) is 10.6 Å². The van der Waals surface area contributed by atoms with Crippen molar-refractivity contribution in [2.45, 2.75) is 13.0 Å². The van der Waals surface area contributed by atoms with Crippen LogP contribution >= 0.6 is 23.8 Å². The van der Waals surface area contributed by atoms with Crippen LogP contribution in [0.1, 0.15) is 11.3 Å². The van der Waals surface area contributed by atoms with Crippen LogP contribution in [0.2, 0.25) is 5.02 Å². The SMILES string of the molecule is O=C(Cc1c(F)cccc1Cl)NNC(=S)NCc1ccco1. The number of carbonyl (C=O) groups excluding carboxylic acids is 1. The zero-order chi connectivity index (χ0) is 15.9. The molecule has 0 radical (unpaired) electrons. The van der Waals surface area contributed by atoms with E-state index in [1.54, 1.807) is 18.4 Å². The van der Waals surface area contributed by atoms with Gasteiger partial charge in [-0.2, -0.15) is 0 Å². The zero-order valence-electron chi connectivity index (χ0n) is 11.4. The van der Waals surface area contributed by atoms with Gasteiger partial charge in [0.05, 0.1) is 19.2 Å². The molecule has 1 heterocycles. The number of hydrazine groups is 1. The first-order chi connectivity index (χ1) is 10.6. The molecule has 0 atom stereocenters. The Morgan fingerprint density at radius 3 is 2.77 bits per heavy atom.